The van der Waals surface area contributed by atoms with Crippen molar-refractivity contribution in [3.63, 3.8) is 0 Å². The van der Waals surface area contributed by atoms with Gasteiger partial charge in [-0.25, -0.2) is 13.2 Å². The summed E-state index contributed by atoms with van der Waals surface area (Å²) in [5, 5.41) is 18.4. The fourth-order valence-corrected chi connectivity index (χ4v) is 1.23. The van der Waals surface area contributed by atoms with Crippen molar-refractivity contribution in [2.24, 2.45) is 0 Å². The summed E-state index contributed by atoms with van der Waals surface area (Å²) in [6, 6.07) is 1.52. The summed E-state index contributed by atoms with van der Waals surface area (Å²) >= 11 is 5.22. The molecular formula is C9H8ClF3O2. The van der Waals surface area contributed by atoms with Gasteiger partial charge in [-0.3, -0.25) is 0 Å². The van der Waals surface area contributed by atoms with E-state index >= 15 is 0 Å². The molecule has 0 saturated carbocycles. The minimum Gasteiger partial charge on any atom is -0.389 e. The summed E-state index contributed by atoms with van der Waals surface area (Å²) in [5.41, 5.74) is -0.526. The predicted molar refractivity (Wildman–Crippen MR) is 48.0 cm³/mol. The molecule has 0 aliphatic heterocycles. The Hall–Kier alpha value is -0.780. The second-order valence-corrected chi connectivity index (χ2v) is 3.24. The quantitative estimate of drug-likeness (QED) is 0.624. The van der Waals surface area contributed by atoms with E-state index in [0.717, 1.165) is 6.07 Å². The van der Waals surface area contributed by atoms with Crippen LogP contribution in [0.15, 0.2) is 12.1 Å². The minimum atomic E-state index is -1.69. The summed E-state index contributed by atoms with van der Waals surface area (Å²) < 4.78 is 38.3. The maximum atomic E-state index is 13.1. The molecule has 0 spiro atoms. The average molecular weight is 241 g/mol. The van der Waals surface area contributed by atoms with Crippen LogP contribution in [0.25, 0.3) is 0 Å². The van der Waals surface area contributed by atoms with E-state index in [1.807, 2.05) is 0 Å². The molecule has 2 atom stereocenters. The second-order valence-electron chi connectivity index (χ2n) is 2.93. The van der Waals surface area contributed by atoms with E-state index in [0.29, 0.717) is 6.07 Å². The third kappa shape index (κ3) is 2.42. The second kappa shape index (κ2) is 4.83. The van der Waals surface area contributed by atoms with Gasteiger partial charge in [-0.05, 0) is 6.07 Å². The Morgan fingerprint density at radius 3 is 2.27 bits per heavy atom. The van der Waals surface area contributed by atoms with Crippen LogP contribution in [0.4, 0.5) is 13.2 Å². The molecule has 1 aromatic carbocycles. The van der Waals surface area contributed by atoms with Crippen molar-refractivity contribution in [3.05, 3.63) is 35.1 Å². The summed E-state index contributed by atoms with van der Waals surface area (Å²) in [6.07, 6.45) is -3.12. The number of halogens is 4. The van der Waals surface area contributed by atoms with Gasteiger partial charge in [0.1, 0.15) is 6.10 Å². The van der Waals surface area contributed by atoms with Crippen LogP contribution < -0.4 is 0 Å². The Balaban J connectivity index is 3.10. The molecular weight excluding hydrogens is 233 g/mol. The lowest BCUT2D eigenvalue weighted by Gasteiger charge is -2.16. The normalized spacial score (nSPS) is 15.1. The first-order valence-electron chi connectivity index (χ1n) is 4.04. The summed E-state index contributed by atoms with van der Waals surface area (Å²) in [7, 11) is 0. The van der Waals surface area contributed by atoms with Crippen LogP contribution in [0.2, 0.25) is 0 Å². The molecule has 2 nitrogen and oxygen atoms in total. The molecule has 0 aromatic heterocycles. The summed E-state index contributed by atoms with van der Waals surface area (Å²) in [4.78, 5) is 0. The molecule has 0 amide bonds. The zero-order chi connectivity index (χ0) is 11.6. The third-order valence-electron chi connectivity index (χ3n) is 1.91. The Bertz CT molecular complexity index is 359. The van der Waals surface area contributed by atoms with Gasteiger partial charge in [0, 0.05) is 5.56 Å². The van der Waals surface area contributed by atoms with Crippen molar-refractivity contribution in [2.75, 3.05) is 5.88 Å². The minimum absolute atomic E-state index is 0.348. The lowest BCUT2D eigenvalue weighted by Crippen LogP contribution is -2.21. The Morgan fingerprint density at radius 1 is 1.13 bits per heavy atom. The number of rotatable bonds is 3. The number of aliphatic hydroxyl groups is 2. The molecule has 0 aliphatic rings. The first-order valence-corrected chi connectivity index (χ1v) is 4.58. The monoisotopic (exact) mass is 240 g/mol. The SMILES string of the molecule is OC(CCl)C(O)c1ccc(F)c(F)c1F. The Kier molecular flexibility index (Phi) is 3.96. The van der Waals surface area contributed by atoms with Gasteiger partial charge in [0.25, 0.3) is 0 Å². The molecule has 1 aromatic rings. The lowest BCUT2D eigenvalue weighted by atomic mass is 10.0. The van der Waals surface area contributed by atoms with Gasteiger partial charge in [-0.2, -0.15) is 0 Å². The van der Waals surface area contributed by atoms with Crippen molar-refractivity contribution in [3.8, 4) is 0 Å². The highest BCUT2D eigenvalue weighted by Crippen LogP contribution is 2.24. The highest BCUT2D eigenvalue weighted by molar-refractivity contribution is 6.18. The molecule has 1 rings (SSSR count). The van der Waals surface area contributed by atoms with Gasteiger partial charge in [-0.1, -0.05) is 6.07 Å². The third-order valence-corrected chi connectivity index (χ3v) is 2.22. The van der Waals surface area contributed by atoms with Crippen molar-refractivity contribution in [2.45, 2.75) is 12.2 Å². The van der Waals surface area contributed by atoms with Crippen molar-refractivity contribution in [1.82, 2.24) is 0 Å². The summed E-state index contributed by atoms with van der Waals surface area (Å²) in [5.74, 6) is -4.91. The first kappa shape index (κ1) is 12.3. The van der Waals surface area contributed by atoms with Crippen LogP contribution in [-0.4, -0.2) is 22.2 Å². The first-order chi connectivity index (χ1) is 6.99. The van der Waals surface area contributed by atoms with Gasteiger partial charge in [-0.15, -0.1) is 11.6 Å². The van der Waals surface area contributed by atoms with Gasteiger partial charge >= 0.3 is 0 Å². The van der Waals surface area contributed by atoms with Crippen LogP contribution in [-0.2, 0) is 0 Å². The molecule has 15 heavy (non-hydrogen) atoms. The van der Waals surface area contributed by atoms with Crippen molar-refractivity contribution in [1.29, 1.82) is 0 Å². The fourth-order valence-electron chi connectivity index (χ4n) is 1.06. The fraction of sp³-hybridized carbons (Fsp3) is 0.333. The van der Waals surface area contributed by atoms with Crippen molar-refractivity contribution < 1.29 is 23.4 Å². The van der Waals surface area contributed by atoms with Crippen molar-refractivity contribution >= 4 is 11.6 Å². The Labute approximate surface area is 88.9 Å². The molecule has 0 radical (unpaired) electrons. The molecule has 0 aliphatic carbocycles. The van der Waals surface area contributed by atoms with Crippen LogP contribution >= 0.6 is 11.6 Å². The highest BCUT2D eigenvalue weighted by atomic mass is 35.5. The van der Waals surface area contributed by atoms with Gasteiger partial charge in [0.05, 0.1) is 12.0 Å². The standard InChI is InChI=1S/C9H8ClF3O2/c10-3-6(14)9(15)4-1-2-5(11)8(13)7(4)12/h1-2,6,9,14-15H,3H2. The molecule has 84 valence electrons. The van der Waals surface area contributed by atoms with E-state index < -0.39 is 35.2 Å². The largest absolute Gasteiger partial charge is 0.389 e. The number of benzene rings is 1. The number of hydrogen-bond donors (Lipinski definition) is 2. The smallest absolute Gasteiger partial charge is 0.194 e. The van der Waals surface area contributed by atoms with E-state index in [-0.39, 0.29) is 5.88 Å². The van der Waals surface area contributed by atoms with Crippen LogP contribution in [0.5, 0.6) is 0 Å². The van der Waals surface area contributed by atoms with E-state index in [1.54, 1.807) is 0 Å². The molecule has 6 heteroatoms. The molecule has 0 saturated heterocycles. The molecule has 0 fully saturated rings. The van der Waals surface area contributed by atoms with E-state index in [1.165, 1.54) is 0 Å². The van der Waals surface area contributed by atoms with Crippen LogP contribution in [0, 0.1) is 17.5 Å². The molecule has 2 unspecified atom stereocenters. The number of hydrogen-bond acceptors (Lipinski definition) is 2. The van der Waals surface area contributed by atoms with Gasteiger partial charge in [0.15, 0.2) is 17.5 Å². The topological polar surface area (TPSA) is 40.5 Å². The van der Waals surface area contributed by atoms with Crippen LogP contribution in [0.1, 0.15) is 11.7 Å². The molecule has 0 bridgehead atoms. The number of alkyl halides is 1. The highest BCUT2D eigenvalue weighted by Gasteiger charge is 2.24. The van der Waals surface area contributed by atoms with Crippen LogP contribution in [0.3, 0.4) is 0 Å². The van der Waals surface area contributed by atoms with E-state index in [4.69, 9.17) is 16.7 Å². The van der Waals surface area contributed by atoms with Gasteiger partial charge in [0.2, 0.25) is 0 Å². The Morgan fingerprint density at radius 2 is 1.73 bits per heavy atom. The van der Waals surface area contributed by atoms with Gasteiger partial charge < -0.3 is 10.2 Å². The number of aliphatic hydroxyl groups excluding tert-OH is 2. The zero-order valence-electron chi connectivity index (χ0n) is 7.42. The average Bonchev–Trinajstić information content (AvgIpc) is 2.24. The maximum Gasteiger partial charge on any atom is 0.194 e. The predicted octanol–water partition coefficient (Wildman–Crippen LogP) is 1.74. The molecule has 0 heterocycles. The van der Waals surface area contributed by atoms with E-state index in [2.05, 4.69) is 0 Å². The maximum absolute atomic E-state index is 13.1. The summed E-state index contributed by atoms with van der Waals surface area (Å²) in [6.45, 7) is 0. The zero-order valence-corrected chi connectivity index (χ0v) is 8.18. The lowest BCUT2D eigenvalue weighted by molar-refractivity contribution is 0.0299. The molecule has 2 N–H and O–H groups in total. The van der Waals surface area contributed by atoms with E-state index in [9.17, 15) is 18.3 Å².